The molecule has 0 saturated heterocycles. The standard InChI is InChI=1S/C17H18N2O5S/c1-3-24-17(21)14-9-4-5-10-15(14)19-16(20)12-7-6-8-13(11-12)25(22,23)18-2/h4-11,18H,3H2,1-2H3,(H,19,20). The summed E-state index contributed by atoms with van der Waals surface area (Å²) >= 11 is 0. The zero-order valence-corrected chi connectivity index (χ0v) is 14.6. The Morgan fingerprint density at radius 3 is 2.48 bits per heavy atom. The highest BCUT2D eigenvalue weighted by molar-refractivity contribution is 7.89. The summed E-state index contributed by atoms with van der Waals surface area (Å²) in [4.78, 5) is 24.4. The summed E-state index contributed by atoms with van der Waals surface area (Å²) in [5.41, 5.74) is 0.652. The van der Waals surface area contributed by atoms with E-state index in [1.54, 1.807) is 25.1 Å². The predicted octanol–water partition coefficient (Wildman–Crippen LogP) is 2.02. The first-order valence-corrected chi connectivity index (χ1v) is 8.98. The number of anilines is 1. The number of para-hydroxylation sites is 1. The van der Waals surface area contributed by atoms with Crippen LogP contribution in [0.25, 0.3) is 0 Å². The third-order valence-electron chi connectivity index (χ3n) is 3.35. The zero-order valence-electron chi connectivity index (χ0n) is 13.8. The molecule has 7 nitrogen and oxygen atoms in total. The van der Waals surface area contributed by atoms with Crippen molar-refractivity contribution in [1.29, 1.82) is 0 Å². The highest BCUT2D eigenvalue weighted by atomic mass is 32.2. The third-order valence-corrected chi connectivity index (χ3v) is 4.76. The van der Waals surface area contributed by atoms with Gasteiger partial charge in [-0.3, -0.25) is 4.79 Å². The number of hydrogen-bond acceptors (Lipinski definition) is 5. The molecule has 8 heteroatoms. The minimum absolute atomic E-state index is 0.0265. The second-order valence-corrected chi connectivity index (χ2v) is 6.84. The second-order valence-electron chi connectivity index (χ2n) is 4.96. The van der Waals surface area contributed by atoms with Gasteiger partial charge in [0.05, 0.1) is 22.8 Å². The maximum atomic E-state index is 12.4. The van der Waals surface area contributed by atoms with Crippen LogP contribution in [-0.2, 0) is 14.8 Å². The molecule has 0 spiro atoms. The Morgan fingerprint density at radius 1 is 1.08 bits per heavy atom. The van der Waals surface area contributed by atoms with Gasteiger partial charge >= 0.3 is 5.97 Å². The Morgan fingerprint density at radius 2 is 1.80 bits per heavy atom. The van der Waals surface area contributed by atoms with Gasteiger partial charge in [0, 0.05) is 5.56 Å². The van der Waals surface area contributed by atoms with Crippen LogP contribution in [0.3, 0.4) is 0 Å². The van der Waals surface area contributed by atoms with Crippen LogP contribution in [0.5, 0.6) is 0 Å². The second kappa shape index (κ2) is 7.91. The average molecular weight is 362 g/mol. The highest BCUT2D eigenvalue weighted by Gasteiger charge is 2.17. The van der Waals surface area contributed by atoms with Crippen LogP contribution in [0.4, 0.5) is 5.69 Å². The van der Waals surface area contributed by atoms with E-state index in [1.165, 1.54) is 37.4 Å². The fraction of sp³-hybridized carbons (Fsp3) is 0.176. The van der Waals surface area contributed by atoms with E-state index in [1.807, 2.05) is 0 Å². The molecule has 0 aromatic heterocycles. The summed E-state index contributed by atoms with van der Waals surface area (Å²) in [6.45, 7) is 1.90. The number of amides is 1. The molecule has 0 unspecified atom stereocenters. The normalized spacial score (nSPS) is 11.0. The van der Waals surface area contributed by atoms with Gasteiger partial charge in [-0.05, 0) is 44.3 Å². The molecule has 0 heterocycles. The van der Waals surface area contributed by atoms with E-state index in [4.69, 9.17) is 4.74 Å². The third kappa shape index (κ3) is 4.43. The number of carbonyl (C=O) groups is 2. The molecule has 0 aliphatic carbocycles. The van der Waals surface area contributed by atoms with Gasteiger partial charge in [-0.2, -0.15) is 0 Å². The minimum Gasteiger partial charge on any atom is -0.462 e. The molecule has 25 heavy (non-hydrogen) atoms. The van der Waals surface area contributed by atoms with Crippen LogP contribution in [-0.4, -0.2) is 33.9 Å². The van der Waals surface area contributed by atoms with Gasteiger partial charge in [0.2, 0.25) is 10.0 Å². The molecule has 1 amide bonds. The molecule has 0 atom stereocenters. The van der Waals surface area contributed by atoms with Crippen molar-refractivity contribution in [3.05, 3.63) is 59.7 Å². The first-order valence-electron chi connectivity index (χ1n) is 7.50. The summed E-state index contributed by atoms with van der Waals surface area (Å²) in [5.74, 6) is -1.09. The fourth-order valence-electron chi connectivity index (χ4n) is 2.10. The van der Waals surface area contributed by atoms with E-state index < -0.39 is 21.9 Å². The minimum atomic E-state index is -3.66. The number of hydrogen-bond donors (Lipinski definition) is 2. The van der Waals surface area contributed by atoms with E-state index in [0.717, 1.165) is 0 Å². The lowest BCUT2D eigenvalue weighted by atomic mass is 10.1. The Hall–Kier alpha value is -2.71. The van der Waals surface area contributed by atoms with Gasteiger partial charge in [-0.15, -0.1) is 0 Å². The maximum Gasteiger partial charge on any atom is 0.340 e. The summed E-state index contributed by atoms with van der Waals surface area (Å²) in [6, 6.07) is 12.0. The molecular weight excluding hydrogens is 344 g/mol. The zero-order chi connectivity index (χ0) is 18.4. The van der Waals surface area contributed by atoms with Crippen molar-refractivity contribution >= 4 is 27.6 Å². The van der Waals surface area contributed by atoms with Gasteiger partial charge in [-0.1, -0.05) is 18.2 Å². The molecule has 0 aliphatic rings. The number of esters is 1. The maximum absolute atomic E-state index is 12.4. The van der Waals surface area contributed by atoms with Crippen LogP contribution >= 0.6 is 0 Å². The topological polar surface area (TPSA) is 102 Å². The van der Waals surface area contributed by atoms with Crippen LogP contribution in [0, 0.1) is 0 Å². The van der Waals surface area contributed by atoms with E-state index in [9.17, 15) is 18.0 Å². The lowest BCUT2D eigenvalue weighted by Crippen LogP contribution is -2.20. The Labute approximate surface area is 146 Å². The lowest BCUT2D eigenvalue weighted by molar-refractivity contribution is 0.0527. The molecule has 0 saturated carbocycles. The van der Waals surface area contributed by atoms with Gasteiger partial charge in [0.15, 0.2) is 0 Å². The molecular formula is C17H18N2O5S. The summed E-state index contributed by atoms with van der Waals surface area (Å²) < 4.78 is 30.8. The molecule has 0 aliphatic heterocycles. The Balaban J connectivity index is 2.30. The molecule has 2 aromatic rings. The van der Waals surface area contributed by atoms with Crippen molar-refractivity contribution in [3.63, 3.8) is 0 Å². The number of benzene rings is 2. The number of ether oxygens (including phenoxy) is 1. The number of rotatable bonds is 6. The van der Waals surface area contributed by atoms with Crippen LogP contribution in [0.15, 0.2) is 53.4 Å². The van der Waals surface area contributed by atoms with Gasteiger partial charge in [0.1, 0.15) is 0 Å². The van der Waals surface area contributed by atoms with Gasteiger partial charge in [0.25, 0.3) is 5.91 Å². The SMILES string of the molecule is CCOC(=O)c1ccccc1NC(=O)c1cccc(S(=O)(=O)NC)c1. The molecule has 2 N–H and O–H groups in total. The molecule has 0 bridgehead atoms. The highest BCUT2D eigenvalue weighted by Crippen LogP contribution is 2.18. The van der Waals surface area contributed by atoms with Crippen LogP contribution in [0.2, 0.25) is 0 Å². The van der Waals surface area contributed by atoms with Crippen LogP contribution in [0.1, 0.15) is 27.6 Å². The lowest BCUT2D eigenvalue weighted by Gasteiger charge is -2.11. The molecule has 0 fully saturated rings. The van der Waals surface area contributed by atoms with Crippen molar-refractivity contribution < 1.29 is 22.7 Å². The van der Waals surface area contributed by atoms with Crippen molar-refractivity contribution in [2.24, 2.45) is 0 Å². The van der Waals surface area contributed by atoms with E-state index in [2.05, 4.69) is 10.0 Å². The smallest absolute Gasteiger partial charge is 0.340 e. The first-order chi connectivity index (χ1) is 11.9. The van der Waals surface area contributed by atoms with Crippen molar-refractivity contribution in [3.8, 4) is 0 Å². The van der Waals surface area contributed by atoms with Gasteiger partial charge in [-0.25, -0.2) is 17.9 Å². The van der Waals surface area contributed by atoms with E-state index in [-0.39, 0.29) is 28.3 Å². The summed E-state index contributed by atoms with van der Waals surface area (Å²) in [7, 11) is -2.37. The predicted molar refractivity (Wildman–Crippen MR) is 93.0 cm³/mol. The monoisotopic (exact) mass is 362 g/mol. The average Bonchev–Trinajstić information content (AvgIpc) is 2.62. The first kappa shape index (κ1) is 18.6. The van der Waals surface area contributed by atoms with E-state index in [0.29, 0.717) is 0 Å². The largest absolute Gasteiger partial charge is 0.462 e. The quantitative estimate of drug-likeness (QED) is 0.766. The van der Waals surface area contributed by atoms with E-state index >= 15 is 0 Å². The number of carbonyl (C=O) groups excluding carboxylic acids is 2. The Bertz CT molecular complexity index is 893. The Kier molecular flexibility index (Phi) is 5.89. The van der Waals surface area contributed by atoms with Crippen LogP contribution < -0.4 is 10.0 Å². The summed E-state index contributed by atoms with van der Waals surface area (Å²) in [6.07, 6.45) is 0. The number of sulfonamides is 1. The van der Waals surface area contributed by atoms with Gasteiger partial charge < -0.3 is 10.1 Å². The van der Waals surface area contributed by atoms with Crippen molar-refractivity contribution in [2.75, 3.05) is 19.0 Å². The fourth-order valence-corrected chi connectivity index (χ4v) is 2.87. The molecule has 2 rings (SSSR count). The summed E-state index contributed by atoms with van der Waals surface area (Å²) in [5, 5.41) is 2.61. The van der Waals surface area contributed by atoms with Crippen molar-refractivity contribution in [2.45, 2.75) is 11.8 Å². The molecule has 0 radical (unpaired) electrons. The molecule has 132 valence electrons. The number of nitrogens with one attached hydrogen (secondary N) is 2. The molecule has 2 aromatic carbocycles. The van der Waals surface area contributed by atoms with Crippen molar-refractivity contribution in [1.82, 2.24) is 4.72 Å².